The summed E-state index contributed by atoms with van der Waals surface area (Å²) < 4.78 is 0.820. The fourth-order valence-electron chi connectivity index (χ4n) is 2.38. The summed E-state index contributed by atoms with van der Waals surface area (Å²) in [7, 11) is 0. The number of anilines is 1. The van der Waals surface area contributed by atoms with E-state index in [1.807, 2.05) is 39.0 Å². The molecule has 0 bridgehead atoms. The first-order valence-electron chi connectivity index (χ1n) is 6.72. The molecular formula is C15H19BrN2O2. The number of aryl methyl sites for hydroxylation is 1. The number of piperazine rings is 1. The molecule has 2 rings (SSSR count). The van der Waals surface area contributed by atoms with Crippen LogP contribution in [-0.2, 0) is 9.59 Å². The summed E-state index contributed by atoms with van der Waals surface area (Å²) in [5.41, 5.74) is 1.80. The maximum Gasteiger partial charge on any atom is 0.250 e. The van der Waals surface area contributed by atoms with Crippen molar-refractivity contribution in [2.24, 2.45) is 5.92 Å². The Hall–Kier alpha value is -1.36. The number of carbonyl (C=O) groups excluding carboxylic acids is 2. The molecule has 1 heterocycles. The molecular weight excluding hydrogens is 320 g/mol. The molecule has 0 aromatic heterocycles. The largest absolute Gasteiger partial charge is 0.342 e. The van der Waals surface area contributed by atoms with E-state index >= 15 is 0 Å². The number of hydrogen-bond donors (Lipinski definition) is 1. The average molecular weight is 339 g/mol. The molecule has 0 spiro atoms. The van der Waals surface area contributed by atoms with Crippen LogP contribution in [0.4, 0.5) is 5.69 Å². The van der Waals surface area contributed by atoms with Gasteiger partial charge in [0.2, 0.25) is 5.91 Å². The fraction of sp³-hybridized carbons (Fsp3) is 0.467. The lowest BCUT2D eigenvalue weighted by atomic mass is 9.97. The second-order valence-electron chi connectivity index (χ2n) is 5.57. The lowest BCUT2D eigenvalue weighted by Gasteiger charge is -2.39. The van der Waals surface area contributed by atoms with Crippen LogP contribution in [0, 0.1) is 12.8 Å². The van der Waals surface area contributed by atoms with Gasteiger partial charge in [-0.2, -0.15) is 0 Å². The van der Waals surface area contributed by atoms with Crippen molar-refractivity contribution in [3.8, 4) is 0 Å². The third-order valence-electron chi connectivity index (χ3n) is 3.60. The molecule has 4 nitrogen and oxygen atoms in total. The van der Waals surface area contributed by atoms with Crippen LogP contribution in [0.25, 0.3) is 0 Å². The van der Waals surface area contributed by atoms with Gasteiger partial charge in [0, 0.05) is 4.47 Å². The van der Waals surface area contributed by atoms with Gasteiger partial charge in [-0.3, -0.25) is 14.5 Å². The third-order valence-corrected chi connectivity index (χ3v) is 4.27. The van der Waals surface area contributed by atoms with Gasteiger partial charge < -0.3 is 5.32 Å². The summed E-state index contributed by atoms with van der Waals surface area (Å²) >= 11 is 3.47. The van der Waals surface area contributed by atoms with Crippen LogP contribution in [0.2, 0.25) is 0 Å². The Labute approximate surface area is 127 Å². The Morgan fingerprint density at radius 1 is 1.30 bits per heavy atom. The van der Waals surface area contributed by atoms with E-state index in [9.17, 15) is 9.59 Å². The number of amides is 2. The quantitative estimate of drug-likeness (QED) is 0.901. The van der Waals surface area contributed by atoms with Crippen molar-refractivity contribution in [2.45, 2.75) is 39.8 Å². The lowest BCUT2D eigenvalue weighted by Crippen LogP contribution is -2.64. The predicted octanol–water partition coefficient (Wildman–Crippen LogP) is 2.63. The maximum absolute atomic E-state index is 12.7. The third kappa shape index (κ3) is 2.59. The molecule has 1 aromatic rings. The Kier molecular flexibility index (Phi) is 4.18. The van der Waals surface area contributed by atoms with Gasteiger partial charge in [0.25, 0.3) is 5.91 Å². The maximum atomic E-state index is 12.7. The fourth-order valence-corrected chi connectivity index (χ4v) is 2.82. The summed E-state index contributed by atoms with van der Waals surface area (Å²) in [5, 5.41) is 2.80. The van der Waals surface area contributed by atoms with E-state index in [0.717, 1.165) is 15.7 Å². The minimum absolute atomic E-state index is 0.0570. The molecule has 2 amide bonds. The van der Waals surface area contributed by atoms with Crippen LogP contribution < -0.4 is 10.2 Å². The van der Waals surface area contributed by atoms with Crippen molar-refractivity contribution in [3.63, 3.8) is 0 Å². The van der Waals surface area contributed by atoms with E-state index in [1.54, 1.807) is 11.8 Å². The summed E-state index contributed by atoms with van der Waals surface area (Å²) in [4.78, 5) is 26.4. The van der Waals surface area contributed by atoms with Crippen molar-refractivity contribution in [1.29, 1.82) is 0 Å². The molecule has 1 aromatic carbocycles. The zero-order chi connectivity index (χ0) is 15.0. The number of carbonyl (C=O) groups is 2. The van der Waals surface area contributed by atoms with Crippen molar-refractivity contribution < 1.29 is 9.59 Å². The second-order valence-corrected chi connectivity index (χ2v) is 6.42. The number of benzene rings is 1. The monoisotopic (exact) mass is 338 g/mol. The zero-order valence-corrected chi connectivity index (χ0v) is 13.7. The number of rotatable bonds is 2. The van der Waals surface area contributed by atoms with E-state index in [-0.39, 0.29) is 17.7 Å². The molecule has 0 radical (unpaired) electrons. The van der Waals surface area contributed by atoms with E-state index in [2.05, 4.69) is 21.2 Å². The smallest absolute Gasteiger partial charge is 0.250 e. The molecule has 1 aliphatic rings. The van der Waals surface area contributed by atoms with Gasteiger partial charge in [-0.15, -0.1) is 0 Å². The molecule has 1 N–H and O–H groups in total. The van der Waals surface area contributed by atoms with Crippen molar-refractivity contribution >= 4 is 33.4 Å². The first-order chi connectivity index (χ1) is 9.32. The summed E-state index contributed by atoms with van der Waals surface area (Å²) in [6.45, 7) is 7.58. The molecule has 2 atom stereocenters. The van der Waals surface area contributed by atoms with E-state index in [4.69, 9.17) is 0 Å². The van der Waals surface area contributed by atoms with Crippen LogP contribution in [0.5, 0.6) is 0 Å². The highest BCUT2D eigenvalue weighted by atomic mass is 79.9. The minimum atomic E-state index is -0.504. The lowest BCUT2D eigenvalue weighted by molar-refractivity contribution is -0.134. The van der Waals surface area contributed by atoms with Crippen LogP contribution in [-0.4, -0.2) is 23.9 Å². The highest BCUT2D eigenvalue weighted by Crippen LogP contribution is 2.31. The number of halogens is 1. The molecule has 2 unspecified atom stereocenters. The zero-order valence-electron chi connectivity index (χ0n) is 12.1. The molecule has 1 aliphatic heterocycles. The van der Waals surface area contributed by atoms with Crippen LogP contribution in [0.1, 0.15) is 26.3 Å². The highest BCUT2D eigenvalue weighted by Gasteiger charge is 2.40. The predicted molar refractivity (Wildman–Crippen MR) is 82.6 cm³/mol. The normalized spacial score (nSPS) is 23.2. The van der Waals surface area contributed by atoms with Crippen LogP contribution in [0.15, 0.2) is 22.7 Å². The highest BCUT2D eigenvalue weighted by molar-refractivity contribution is 9.10. The molecule has 1 saturated heterocycles. The molecule has 0 saturated carbocycles. The summed E-state index contributed by atoms with van der Waals surface area (Å²) in [6.07, 6.45) is 0. The van der Waals surface area contributed by atoms with Gasteiger partial charge >= 0.3 is 0 Å². The summed E-state index contributed by atoms with van der Waals surface area (Å²) in [6, 6.07) is 4.82. The van der Waals surface area contributed by atoms with E-state index in [1.165, 1.54) is 0 Å². The molecule has 0 aliphatic carbocycles. The Morgan fingerprint density at radius 2 is 1.95 bits per heavy atom. The molecule has 20 heavy (non-hydrogen) atoms. The molecule has 5 heteroatoms. The van der Waals surface area contributed by atoms with Crippen LogP contribution in [0.3, 0.4) is 0 Å². The van der Waals surface area contributed by atoms with Crippen LogP contribution >= 0.6 is 15.9 Å². The number of hydrogen-bond acceptors (Lipinski definition) is 2. The second kappa shape index (κ2) is 5.56. The SMILES string of the molecule is Cc1ccc(Br)c(N2C(=O)C(C(C)C)NC(=O)C2C)c1. The molecule has 108 valence electrons. The van der Waals surface area contributed by atoms with E-state index < -0.39 is 12.1 Å². The van der Waals surface area contributed by atoms with Gasteiger partial charge in [-0.05, 0) is 53.4 Å². The Bertz CT molecular complexity index is 557. The van der Waals surface area contributed by atoms with Crippen molar-refractivity contribution in [2.75, 3.05) is 4.90 Å². The topological polar surface area (TPSA) is 49.4 Å². The average Bonchev–Trinajstić information content (AvgIpc) is 2.37. The number of nitrogens with one attached hydrogen (secondary N) is 1. The first-order valence-corrected chi connectivity index (χ1v) is 7.52. The summed E-state index contributed by atoms with van der Waals surface area (Å²) in [5.74, 6) is -0.111. The number of nitrogens with zero attached hydrogens (tertiary/aromatic N) is 1. The van der Waals surface area contributed by atoms with E-state index in [0.29, 0.717) is 0 Å². The Balaban J connectivity index is 2.48. The van der Waals surface area contributed by atoms with Gasteiger partial charge in [0.15, 0.2) is 0 Å². The van der Waals surface area contributed by atoms with Gasteiger partial charge in [-0.1, -0.05) is 19.9 Å². The van der Waals surface area contributed by atoms with Gasteiger partial charge in [0.05, 0.1) is 5.69 Å². The van der Waals surface area contributed by atoms with Gasteiger partial charge in [0.1, 0.15) is 12.1 Å². The van der Waals surface area contributed by atoms with Crippen molar-refractivity contribution in [3.05, 3.63) is 28.2 Å². The van der Waals surface area contributed by atoms with Gasteiger partial charge in [-0.25, -0.2) is 0 Å². The standard InChI is InChI=1S/C15H19BrN2O2/c1-8(2)13-15(20)18(10(4)14(19)17-13)12-7-9(3)5-6-11(12)16/h5-8,10,13H,1-4H3,(H,17,19). The minimum Gasteiger partial charge on any atom is -0.342 e. The molecule has 1 fully saturated rings. The van der Waals surface area contributed by atoms with Crippen molar-refractivity contribution in [1.82, 2.24) is 5.32 Å². The Morgan fingerprint density at radius 3 is 2.55 bits per heavy atom. The first kappa shape index (κ1) is 15.0.